The number of fused-ring (bicyclic) bond motifs is 1. The van der Waals surface area contributed by atoms with E-state index in [2.05, 4.69) is 0 Å². The maximum atomic E-state index is 12.4. The second-order valence-electron chi connectivity index (χ2n) is 4.99. The number of hydrogen-bond donors (Lipinski definition) is 3. The molecule has 2 aromatic rings. The van der Waals surface area contributed by atoms with Gasteiger partial charge in [-0.3, -0.25) is 9.53 Å². The van der Waals surface area contributed by atoms with E-state index in [0.29, 0.717) is 11.1 Å². The molecule has 0 radical (unpaired) electrons. The van der Waals surface area contributed by atoms with Crippen molar-refractivity contribution in [3.05, 3.63) is 65.7 Å². The van der Waals surface area contributed by atoms with Crippen molar-refractivity contribution >= 4 is 5.78 Å². The number of rotatable bonds is 3. The van der Waals surface area contributed by atoms with Gasteiger partial charge in [0.2, 0.25) is 0 Å². The number of ether oxygens (including phenoxy) is 2. The van der Waals surface area contributed by atoms with Gasteiger partial charge in [0.05, 0.1) is 12.0 Å². The number of hydrogen-bond acceptors (Lipinski definition) is 6. The summed E-state index contributed by atoms with van der Waals surface area (Å²) in [7, 11) is 0. The fraction of sp³-hybridized carbons (Fsp3) is 0.188. The van der Waals surface area contributed by atoms with E-state index in [-0.39, 0.29) is 18.0 Å². The lowest BCUT2D eigenvalue weighted by Gasteiger charge is -2.39. The van der Waals surface area contributed by atoms with E-state index >= 15 is 0 Å². The molecule has 114 valence electrons. The first kappa shape index (κ1) is 14.7. The van der Waals surface area contributed by atoms with Crippen molar-refractivity contribution in [3.8, 4) is 5.75 Å². The van der Waals surface area contributed by atoms with Gasteiger partial charge < -0.3 is 20.1 Å². The van der Waals surface area contributed by atoms with Gasteiger partial charge in [-0.2, -0.15) is 0 Å². The van der Waals surface area contributed by atoms with Crippen LogP contribution in [0.25, 0.3) is 0 Å². The third-order valence-corrected chi connectivity index (χ3v) is 3.37. The molecule has 0 saturated carbocycles. The highest BCUT2D eigenvalue weighted by molar-refractivity contribution is 6.00. The van der Waals surface area contributed by atoms with Crippen LogP contribution in [0.5, 0.6) is 5.75 Å². The summed E-state index contributed by atoms with van der Waals surface area (Å²) in [4.78, 5) is 12.4. The monoisotopic (exact) mass is 302 g/mol. The molecule has 22 heavy (non-hydrogen) atoms. The smallest absolute Gasteiger partial charge is 0.408 e. The highest BCUT2D eigenvalue weighted by atomic mass is 16.9. The van der Waals surface area contributed by atoms with Gasteiger partial charge in [0.25, 0.3) is 5.79 Å². The number of carbonyl (C=O) groups is 1. The normalized spacial score (nSPS) is 21.1. The van der Waals surface area contributed by atoms with Crippen molar-refractivity contribution in [3.63, 3.8) is 0 Å². The van der Waals surface area contributed by atoms with Gasteiger partial charge in [-0.05, 0) is 12.1 Å². The van der Waals surface area contributed by atoms with Crippen LogP contribution in [0.1, 0.15) is 22.3 Å². The van der Waals surface area contributed by atoms with Crippen LogP contribution in [-0.4, -0.2) is 27.3 Å². The molecule has 0 saturated heterocycles. The molecule has 1 aliphatic heterocycles. The molecule has 2 aromatic carbocycles. The van der Waals surface area contributed by atoms with E-state index in [1.165, 1.54) is 0 Å². The first-order valence-electron chi connectivity index (χ1n) is 6.64. The zero-order chi connectivity index (χ0) is 15.8. The number of aliphatic hydroxyl groups is 3. The van der Waals surface area contributed by atoms with Crippen molar-refractivity contribution < 1.29 is 29.6 Å². The van der Waals surface area contributed by atoms with Crippen LogP contribution < -0.4 is 4.74 Å². The molecule has 1 aliphatic rings. The molecule has 3 N–H and O–H groups in total. The van der Waals surface area contributed by atoms with Gasteiger partial charge in [0, 0.05) is 5.56 Å². The van der Waals surface area contributed by atoms with Crippen LogP contribution in [0.3, 0.4) is 0 Å². The zero-order valence-corrected chi connectivity index (χ0v) is 11.5. The first-order chi connectivity index (χ1) is 10.4. The summed E-state index contributed by atoms with van der Waals surface area (Å²) in [6, 6.07) is 14.9. The number of benzene rings is 2. The lowest BCUT2D eigenvalue weighted by Crippen LogP contribution is -2.49. The van der Waals surface area contributed by atoms with Gasteiger partial charge in [0.1, 0.15) is 5.75 Å². The van der Waals surface area contributed by atoms with Gasteiger partial charge in [-0.25, -0.2) is 0 Å². The first-order valence-corrected chi connectivity index (χ1v) is 6.64. The average molecular weight is 302 g/mol. The van der Waals surface area contributed by atoms with Gasteiger partial charge in [0.15, 0.2) is 5.78 Å². The molecule has 3 rings (SSSR count). The maximum Gasteiger partial charge on any atom is 0.408 e. The Morgan fingerprint density at radius 2 is 1.64 bits per heavy atom. The fourth-order valence-corrected chi connectivity index (χ4v) is 2.50. The molecule has 1 unspecified atom stereocenters. The summed E-state index contributed by atoms with van der Waals surface area (Å²) >= 11 is 0. The number of para-hydroxylation sites is 1. The van der Waals surface area contributed by atoms with Crippen molar-refractivity contribution in [1.29, 1.82) is 0 Å². The number of Topliss-reactive ketones (excluding diaryl/α,β-unsaturated/α-hetero) is 1. The van der Waals surface area contributed by atoms with E-state index in [1.807, 2.05) is 0 Å². The van der Waals surface area contributed by atoms with Crippen LogP contribution in [0, 0.1) is 0 Å². The lowest BCUT2D eigenvalue weighted by molar-refractivity contribution is -0.504. The second kappa shape index (κ2) is 5.19. The Morgan fingerprint density at radius 3 is 2.32 bits per heavy atom. The molecule has 0 fully saturated rings. The second-order valence-corrected chi connectivity index (χ2v) is 4.99. The van der Waals surface area contributed by atoms with Crippen molar-refractivity contribution in [2.75, 3.05) is 0 Å². The Bertz CT molecular complexity index is 691. The Balaban J connectivity index is 2.11. The van der Waals surface area contributed by atoms with E-state index in [0.717, 1.165) is 0 Å². The molecule has 6 heteroatoms. The SMILES string of the molecule is O=C1CC(OC(O)(O)O)(c2ccccc2)Oc2ccccc21. The fourth-order valence-electron chi connectivity index (χ4n) is 2.50. The predicted molar refractivity (Wildman–Crippen MR) is 74.6 cm³/mol. The molecule has 0 amide bonds. The van der Waals surface area contributed by atoms with Crippen LogP contribution in [0.15, 0.2) is 54.6 Å². The lowest BCUT2D eigenvalue weighted by atomic mass is 9.93. The molecular weight excluding hydrogens is 288 g/mol. The summed E-state index contributed by atoms with van der Waals surface area (Å²) < 4.78 is 10.6. The third kappa shape index (κ3) is 2.72. The minimum absolute atomic E-state index is 0.242. The molecule has 0 spiro atoms. The van der Waals surface area contributed by atoms with Crippen LogP contribution in [-0.2, 0) is 10.5 Å². The molecule has 1 heterocycles. The largest absolute Gasteiger partial charge is 0.456 e. The van der Waals surface area contributed by atoms with Crippen LogP contribution in [0.4, 0.5) is 0 Å². The van der Waals surface area contributed by atoms with Gasteiger partial charge >= 0.3 is 6.16 Å². The Labute approximate surface area is 126 Å². The number of ketones is 1. The van der Waals surface area contributed by atoms with Crippen molar-refractivity contribution in [2.24, 2.45) is 0 Å². The highest BCUT2D eigenvalue weighted by Crippen LogP contribution is 2.41. The third-order valence-electron chi connectivity index (χ3n) is 3.37. The molecule has 0 bridgehead atoms. The van der Waals surface area contributed by atoms with Gasteiger partial charge in [-0.1, -0.05) is 42.5 Å². The van der Waals surface area contributed by atoms with Crippen LogP contribution in [0.2, 0.25) is 0 Å². The standard InChI is InChI=1S/C16H14O6/c17-13-10-15(22-16(18,19)20,11-6-2-1-3-7-11)21-14-9-5-4-8-12(13)14/h1-9,18-20H,10H2. The highest BCUT2D eigenvalue weighted by Gasteiger charge is 2.48. The summed E-state index contributed by atoms with van der Waals surface area (Å²) in [5.41, 5.74) is 0.747. The Morgan fingerprint density at radius 1 is 1.00 bits per heavy atom. The molecule has 0 aliphatic carbocycles. The van der Waals surface area contributed by atoms with Crippen LogP contribution >= 0.6 is 0 Å². The summed E-state index contributed by atoms with van der Waals surface area (Å²) in [5.74, 6) is -1.88. The summed E-state index contributed by atoms with van der Waals surface area (Å²) in [6.45, 7) is 0. The molecule has 6 nitrogen and oxygen atoms in total. The minimum atomic E-state index is -3.44. The van der Waals surface area contributed by atoms with E-state index in [9.17, 15) is 20.1 Å². The maximum absolute atomic E-state index is 12.4. The molecule has 0 aromatic heterocycles. The quantitative estimate of drug-likeness (QED) is 0.735. The Kier molecular flexibility index (Phi) is 3.46. The molecule has 1 atom stereocenters. The zero-order valence-electron chi connectivity index (χ0n) is 11.5. The van der Waals surface area contributed by atoms with Crippen molar-refractivity contribution in [2.45, 2.75) is 18.4 Å². The topological polar surface area (TPSA) is 96.2 Å². The van der Waals surface area contributed by atoms with E-state index in [4.69, 9.17) is 9.47 Å². The minimum Gasteiger partial charge on any atom is -0.456 e. The van der Waals surface area contributed by atoms with Gasteiger partial charge in [-0.15, -0.1) is 0 Å². The predicted octanol–water partition coefficient (Wildman–Crippen LogP) is 1.11. The van der Waals surface area contributed by atoms with Crippen molar-refractivity contribution in [1.82, 2.24) is 0 Å². The summed E-state index contributed by atoms with van der Waals surface area (Å²) in [6.07, 6.45) is -3.75. The van der Waals surface area contributed by atoms with E-state index in [1.54, 1.807) is 54.6 Å². The van der Waals surface area contributed by atoms with E-state index < -0.39 is 11.9 Å². The number of carbonyl (C=O) groups excluding carboxylic acids is 1. The summed E-state index contributed by atoms with van der Waals surface area (Å²) in [5, 5.41) is 27.7. The average Bonchev–Trinajstić information content (AvgIpc) is 2.46. The Hall–Kier alpha value is -2.25. The molecular formula is C16H14O6.